The Balaban J connectivity index is 3.09. The molecule has 0 rings (SSSR count). The van der Waals surface area contributed by atoms with E-state index in [9.17, 15) is 0 Å². The Morgan fingerprint density at radius 2 is 2.40 bits per heavy atom. The van der Waals surface area contributed by atoms with Crippen LogP contribution in [0.1, 0.15) is 6.92 Å². The summed E-state index contributed by atoms with van der Waals surface area (Å²) in [5.41, 5.74) is 0. The highest BCUT2D eigenvalue weighted by molar-refractivity contribution is 4.98. The average Bonchev–Trinajstić information content (AvgIpc) is 1.97. The third-order valence-corrected chi connectivity index (χ3v) is 0.837. The first-order valence-corrected chi connectivity index (χ1v) is 3.16. The van der Waals surface area contributed by atoms with Crippen molar-refractivity contribution in [2.75, 3.05) is 13.2 Å². The van der Waals surface area contributed by atoms with Crippen LogP contribution in [0.15, 0.2) is 24.8 Å². The van der Waals surface area contributed by atoms with E-state index < -0.39 is 0 Å². The molecule has 1 heteroatoms. The fraction of sp³-hybridized carbons (Fsp3) is 0.333. The van der Waals surface area contributed by atoms with E-state index in [-0.39, 0.29) is 0 Å². The summed E-state index contributed by atoms with van der Waals surface area (Å²) in [6.45, 7) is 6.44. The minimum absolute atomic E-state index is 0.512. The zero-order valence-electron chi connectivity index (χ0n) is 6.26. The molecular weight excluding hydrogens is 124 g/mol. The van der Waals surface area contributed by atoms with Gasteiger partial charge in [0.2, 0.25) is 0 Å². The quantitative estimate of drug-likeness (QED) is 0.325. The summed E-state index contributed by atoms with van der Waals surface area (Å²) in [6, 6.07) is 0. The number of allylic oxidation sites excluding steroid dienone is 2. The van der Waals surface area contributed by atoms with E-state index in [1.54, 1.807) is 13.0 Å². The van der Waals surface area contributed by atoms with Crippen molar-refractivity contribution >= 4 is 0 Å². The number of hydrogen-bond donors (Lipinski definition) is 0. The third-order valence-electron chi connectivity index (χ3n) is 0.837. The van der Waals surface area contributed by atoms with Crippen LogP contribution in [0.25, 0.3) is 0 Å². The van der Waals surface area contributed by atoms with Gasteiger partial charge in [0, 0.05) is 0 Å². The fourth-order valence-corrected chi connectivity index (χ4v) is 0.402. The molecule has 1 nitrogen and oxygen atoms in total. The first-order valence-electron chi connectivity index (χ1n) is 3.16. The van der Waals surface area contributed by atoms with Gasteiger partial charge < -0.3 is 4.74 Å². The summed E-state index contributed by atoms with van der Waals surface area (Å²) < 4.78 is 5.07. The van der Waals surface area contributed by atoms with E-state index in [1.807, 2.05) is 12.2 Å². The van der Waals surface area contributed by atoms with Crippen molar-refractivity contribution < 1.29 is 4.74 Å². The van der Waals surface area contributed by atoms with Gasteiger partial charge in [-0.2, -0.15) is 0 Å². The Kier molecular flexibility index (Phi) is 7.20. The molecule has 0 amide bonds. The molecule has 10 heavy (non-hydrogen) atoms. The topological polar surface area (TPSA) is 9.23 Å². The molecule has 0 aromatic rings. The lowest BCUT2D eigenvalue weighted by Gasteiger charge is -1.89. The van der Waals surface area contributed by atoms with Crippen molar-refractivity contribution in [3.8, 4) is 11.8 Å². The third kappa shape index (κ3) is 7.00. The molecule has 0 aliphatic rings. The predicted octanol–water partition coefficient (Wildman–Crippen LogP) is 1.77. The Morgan fingerprint density at radius 3 is 3.00 bits per heavy atom. The summed E-state index contributed by atoms with van der Waals surface area (Å²) in [6.07, 6.45) is 5.46. The molecule has 0 N–H and O–H groups in total. The van der Waals surface area contributed by atoms with Crippen molar-refractivity contribution in [3.63, 3.8) is 0 Å². The lowest BCUT2D eigenvalue weighted by atomic mass is 10.5. The zero-order chi connectivity index (χ0) is 7.66. The zero-order valence-corrected chi connectivity index (χ0v) is 6.26. The standard InChI is InChI=1S/C9H12O/c1-3-5-7-9-10-8-6-4-2/h3,5,7H,1,8-9H2,2H3/b7-5+. The Bertz CT molecular complexity index is 157. The minimum atomic E-state index is 0.512. The van der Waals surface area contributed by atoms with E-state index in [0.29, 0.717) is 13.2 Å². The molecule has 54 valence electrons. The Labute approximate surface area is 62.4 Å². The number of ether oxygens (including phenoxy) is 1. The summed E-state index contributed by atoms with van der Waals surface area (Å²) >= 11 is 0. The molecule has 0 aliphatic heterocycles. The van der Waals surface area contributed by atoms with Crippen LogP contribution in [0.5, 0.6) is 0 Å². The van der Waals surface area contributed by atoms with E-state index >= 15 is 0 Å². The summed E-state index contributed by atoms with van der Waals surface area (Å²) in [4.78, 5) is 0. The van der Waals surface area contributed by atoms with Crippen LogP contribution in [-0.2, 0) is 4.74 Å². The van der Waals surface area contributed by atoms with Crippen LogP contribution in [0.4, 0.5) is 0 Å². The van der Waals surface area contributed by atoms with Crippen molar-refractivity contribution in [2.24, 2.45) is 0 Å². The summed E-state index contributed by atoms with van der Waals surface area (Å²) in [5.74, 6) is 5.53. The highest BCUT2D eigenvalue weighted by Gasteiger charge is 1.74. The molecule has 0 bridgehead atoms. The molecule has 0 radical (unpaired) electrons. The predicted molar refractivity (Wildman–Crippen MR) is 43.6 cm³/mol. The molecule has 0 atom stereocenters. The molecule has 0 aliphatic carbocycles. The van der Waals surface area contributed by atoms with Crippen molar-refractivity contribution in [1.82, 2.24) is 0 Å². The second kappa shape index (κ2) is 8.00. The Hall–Kier alpha value is -1.00. The van der Waals surface area contributed by atoms with Gasteiger partial charge >= 0.3 is 0 Å². The van der Waals surface area contributed by atoms with Gasteiger partial charge in [-0.15, -0.1) is 5.92 Å². The van der Waals surface area contributed by atoms with Crippen LogP contribution in [0.2, 0.25) is 0 Å². The highest BCUT2D eigenvalue weighted by atomic mass is 16.5. The lowest BCUT2D eigenvalue weighted by molar-refractivity contribution is 0.199. The van der Waals surface area contributed by atoms with Gasteiger partial charge in [-0.1, -0.05) is 30.7 Å². The molecule has 0 unspecified atom stereocenters. The lowest BCUT2D eigenvalue weighted by Crippen LogP contribution is -1.89. The van der Waals surface area contributed by atoms with Crippen LogP contribution in [-0.4, -0.2) is 13.2 Å². The smallest absolute Gasteiger partial charge is 0.108 e. The van der Waals surface area contributed by atoms with Gasteiger partial charge in [-0.05, 0) is 6.92 Å². The normalized spacial score (nSPS) is 8.90. The maximum absolute atomic E-state index is 5.07. The van der Waals surface area contributed by atoms with Gasteiger partial charge in [0.15, 0.2) is 0 Å². The molecule has 0 aromatic heterocycles. The van der Waals surface area contributed by atoms with Gasteiger partial charge in [0.25, 0.3) is 0 Å². The van der Waals surface area contributed by atoms with Crippen molar-refractivity contribution in [3.05, 3.63) is 24.8 Å². The maximum atomic E-state index is 5.07. The molecule has 0 aromatic carbocycles. The van der Waals surface area contributed by atoms with E-state index in [4.69, 9.17) is 4.74 Å². The average molecular weight is 136 g/mol. The summed E-state index contributed by atoms with van der Waals surface area (Å²) in [5, 5.41) is 0. The Morgan fingerprint density at radius 1 is 1.60 bits per heavy atom. The van der Waals surface area contributed by atoms with Crippen LogP contribution >= 0.6 is 0 Å². The first-order chi connectivity index (χ1) is 4.91. The molecule has 0 saturated carbocycles. The van der Waals surface area contributed by atoms with Gasteiger partial charge in [-0.3, -0.25) is 0 Å². The van der Waals surface area contributed by atoms with Crippen molar-refractivity contribution in [1.29, 1.82) is 0 Å². The largest absolute Gasteiger partial charge is 0.365 e. The van der Waals surface area contributed by atoms with Gasteiger partial charge in [0.1, 0.15) is 6.61 Å². The van der Waals surface area contributed by atoms with E-state index in [1.165, 1.54) is 0 Å². The SMILES string of the molecule is C=C/C=C/COCC#CC. The monoisotopic (exact) mass is 136 g/mol. The van der Waals surface area contributed by atoms with Crippen LogP contribution < -0.4 is 0 Å². The minimum Gasteiger partial charge on any atom is -0.365 e. The fourth-order valence-electron chi connectivity index (χ4n) is 0.402. The first kappa shape index (κ1) is 9.00. The highest BCUT2D eigenvalue weighted by Crippen LogP contribution is 1.76. The number of rotatable bonds is 4. The molecule has 0 saturated heterocycles. The second-order valence-electron chi connectivity index (χ2n) is 1.61. The van der Waals surface area contributed by atoms with Gasteiger partial charge in [-0.25, -0.2) is 0 Å². The van der Waals surface area contributed by atoms with E-state index in [0.717, 1.165) is 0 Å². The van der Waals surface area contributed by atoms with Crippen LogP contribution in [0.3, 0.4) is 0 Å². The molecular formula is C9H12O. The number of hydrogen-bond acceptors (Lipinski definition) is 1. The molecule has 0 heterocycles. The van der Waals surface area contributed by atoms with E-state index in [2.05, 4.69) is 18.4 Å². The molecule has 0 fully saturated rings. The second-order valence-corrected chi connectivity index (χ2v) is 1.61. The van der Waals surface area contributed by atoms with Crippen molar-refractivity contribution in [2.45, 2.75) is 6.92 Å². The van der Waals surface area contributed by atoms with Gasteiger partial charge in [0.05, 0.1) is 6.61 Å². The molecule has 0 spiro atoms. The van der Waals surface area contributed by atoms with Crippen LogP contribution in [0, 0.1) is 11.8 Å². The maximum Gasteiger partial charge on any atom is 0.108 e. The summed E-state index contributed by atoms with van der Waals surface area (Å²) in [7, 11) is 0.